The minimum atomic E-state index is -0.820. The largest absolute Gasteiger partial charge is 0.393 e. The molecule has 1 saturated carbocycles. The minimum absolute atomic E-state index is 0.146. The van der Waals surface area contributed by atoms with Crippen LogP contribution in [0.5, 0.6) is 0 Å². The van der Waals surface area contributed by atoms with E-state index in [2.05, 4.69) is 0 Å². The van der Waals surface area contributed by atoms with Gasteiger partial charge in [-0.15, -0.1) is 0 Å². The fourth-order valence-corrected chi connectivity index (χ4v) is 3.16. The number of rotatable bonds is 6. The Bertz CT molecular complexity index is 444. The van der Waals surface area contributed by atoms with Crippen molar-refractivity contribution in [3.63, 3.8) is 0 Å². The summed E-state index contributed by atoms with van der Waals surface area (Å²) in [5.74, 6) is 0.291. The van der Waals surface area contributed by atoms with Gasteiger partial charge in [0.1, 0.15) is 5.82 Å². The summed E-state index contributed by atoms with van der Waals surface area (Å²) >= 11 is 0. The molecule has 1 aliphatic rings. The quantitative estimate of drug-likeness (QED) is 0.756. The van der Waals surface area contributed by atoms with Crippen molar-refractivity contribution >= 4 is 0 Å². The van der Waals surface area contributed by atoms with E-state index in [0.717, 1.165) is 32.1 Å². The summed E-state index contributed by atoms with van der Waals surface area (Å²) < 4.78 is 14.4. The highest BCUT2D eigenvalue weighted by molar-refractivity contribution is 5.28. The van der Waals surface area contributed by atoms with Gasteiger partial charge >= 0.3 is 0 Å². The van der Waals surface area contributed by atoms with Crippen LogP contribution in [0.15, 0.2) is 18.2 Å². The third kappa shape index (κ3) is 4.50. The van der Waals surface area contributed by atoms with Crippen LogP contribution in [0, 0.1) is 11.7 Å². The number of aryl methyl sites for hydroxylation is 1. The molecule has 4 N–H and O–H groups in total. The monoisotopic (exact) mass is 295 g/mol. The van der Waals surface area contributed by atoms with Crippen molar-refractivity contribution in [2.24, 2.45) is 11.7 Å². The molecular formula is C17H26FNO2. The molecule has 0 aromatic heterocycles. The van der Waals surface area contributed by atoms with Crippen LogP contribution < -0.4 is 5.73 Å². The van der Waals surface area contributed by atoms with Crippen LogP contribution in [-0.4, -0.2) is 22.9 Å². The number of aliphatic hydroxyl groups is 2. The Morgan fingerprint density at radius 2 is 1.95 bits per heavy atom. The highest BCUT2D eigenvalue weighted by Gasteiger charge is 2.20. The first-order valence-electron chi connectivity index (χ1n) is 7.95. The van der Waals surface area contributed by atoms with Crippen LogP contribution in [0.3, 0.4) is 0 Å². The maximum absolute atomic E-state index is 14.4. The molecule has 0 radical (unpaired) electrons. The Morgan fingerprint density at radius 3 is 2.62 bits per heavy atom. The maximum atomic E-state index is 14.4. The first-order valence-corrected chi connectivity index (χ1v) is 7.95. The van der Waals surface area contributed by atoms with E-state index < -0.39 is 6.10 Å². The van der Waals surface area contributed by atoms with Crippen molar-refractivity contribution < 1.29 is 14.6 Å². The molecule has 0 amide bonds. The van der Waals surface area contributed by atoms with E-state index in [9.17, 15) is 14.6 Å². The van der Waals surface area contributed by atoms with Gasteiger partial charge in [-0.05, 0) is 63.0 Å². The summed E-state index contributed by atoms with van der Waals surface area (Å²) in [6.07, 6.45) is 4.82. The SMILES string of the molecule is NCCC(O)c1cccc(CCC2CCC(O)CC2)c1F. The molecule has 1 fully saturated rings. The highest BCUT2D eigenvalue weighted by Crippen LogP contribution is 2.29. The van der Waals surface area contributed by atoms with E-state index in [1.54, 1.807) is 18.2 Å². The molecule has 3 nitrogen and oxygen atoms in total. The summed E-state index contributed by atoms with van der Waals surface area (Å²) in [6, 6.07) is 5.24. The maximum Gasteiger partial charge on any atom is 0.132 e. The van der Waals surface area contributed by atoms with E-state index in [1.165, 1.54) is 0 Å². The molecule has 4 heteroatoms. The van der Waals surface area contributed by atoms with Gasteiger partial charge in [0.25, 0.3) is 0 Å². The zero-order valence-electron chi connectivity index (χ0n) is 12.5. The molecule has 1 aromatic carbocycles. The number of hydrogen-bond acceptors (Lipinski definition) is 3. The zero-order chi connectivity index (χ0) is 15.2. The Labute approximate surface area is 126 Å². The molecule has 0 saturated heterocycles. The standard InChI is InChI=1S/C17H26FNO2/c18-17-13(2-1-3-15(17)16(21)10-11-19)7-4-12-5-8-14(20)9-6-12/h1-3,12,14,16,20-21H,4-11,19H2. The number of halogens is 1. The summed E-state index contributed by atoms with van der Waals surface area (Å²) in [7, 11) is 0. The van der Waals surface area contributed by atoms with E-state index in [0.29, 0.717) is 36.4 Å². The van der Waals surface area contributed by atoms with Gasteiger partial charge in [-0.2, -0.15) is 0 Å². The number of nitrogens with two attached hydrogens (primary N) is 1. The third-order valence-electron chi connectivity index (χ3n) is 4.55. The van der Waals surface area contributed by atoms with Crippen molar-refractivity contribution in [3.8, 4) is 0 Å². The van der Waals surface area contributed by atoms with Gasteiger partial charge in [0.15, 0.2) is 0 Å². The summed E-state index contributed by atoms with van der Waals surface area (Å²) in [4.78, 5) is 0. The Hall–Kier alpha value is -0.970. The molecule has 0 heterocycles. The first kappa shape index (κ1) is 16.4. The molecule has 0 spiro atoms. The average molecular weight is 295 g/mol. The lowest BCUT2D eigenvalue weighted by Crippen LogP contribution is -2.18. The van der Waals surface area contributed by atoms with Gasteiger partial charge in [-0.25, -0.2) is 4.39 Å². The average Bonchev–Trinajstić information content (AvgIpc) is 2.48. The highest BCUT2D eigenvalue weighted by atomic mass is 19.1. The molecule has 0 bridgehead atoms. The van der Waals surface area contributed by atoms with E-state index in [-0.39, 0.29) is 11.9 Å². The smallest absolute Gasteiger partial charge is 0.132 e. The van der Waals surface area contributed by atoms with Crippen molar-refractivity contribution in [2.45, 2.75) is 57.2 Å². The van der Waals surface area contributed by atoms with Crippen LogP contribution in [0.25, 0.3) is 0 Å². The van der Waals surface area contributed by atoms with Crippen LogP contribution in [0.2, 0.25) is 0 Å². The lowest BCUT2D eigenvalue weighted by atomic mass is 9.83. The van der Waals surface area contributed by atoms with Gasteiger partial charge in [0, 0.05) is 5.56 Å². The normalized spacial score (nSPS) is 24.0. The Balaban J connectivity index is 1.95. The number of aliphatic hydroxyl groups excluding tert-OH is 2. The minimum Gasteiger partial charge on any atom is -0.393 e. The predicted molar refractivity (Wildman–Crippen MR) is 81.3 cm³/mol. The lowest BCUT2D eigenvalue weighted by Gasteiger charge is -2.25. The van der Waals surface area contributed by atoms with Gasteiger partial charge in [0.05, 0.1) is 12.2 Å². The van der Waals surface area contributed by atoms with E-state index in [4.69, 9.17) is 5.73 Å². The van der Waals surface area contributed by atoms with Gasteiger partial charge < -0.3 is 15.9 Å². The molecule has 21 heavy (non-hydrogen) atoms. The first-order chi connectivity index (χ1) is 10.1. The number of benzene rings is 1. The molecule has 1 aliphatic carbocycles. The van der Waals surface area contributed by atoms with Crippen LogP contribution >= 0.6 is 0 Å². The molecule has 0 aliphatic heterocycles. The lowest BCUT2D eigenvalue weighted by molar-refractivity contribution is 0.106. The van der Waals surface area contributed by atoms with Gasteiger partial charge in [0.2, 0.25) is 0 Å². The zero-order valence-corrected chi connectivity index (χ0v) is 12.5. The van der Waals surface area contributed by atoms with E-state index in [1.807, 2.05) is 0 Å². The summed E-state index contributed by atoms with van der Waals surface area (Å²) in [6.45, 7) is 0.342. The summed E-state index contributed by atoms with van der Waals surface area (Å²) in [5, 5.41) is 19.4. The fourth-order valence-electron chi connectivity index (χ4n) is 3.16. The molecular weight excluding hydrogens is 269 g/mol. The van der Waals surface area contributed by atoms with Crippen molar-refractivity contribution in [1.29, 1.82) is 0 Å². The Kier molecular flexibility index (Phi) is 6.15. The van der Waals surface area contributed by atoms with Gasteiger partial charge in [-0.3, -0.25) is 0 Å². The van der Waals surface area contributed by atoms with Crippen LogP contribution in [-0.2, 0) is 6.42 Å². The molecule has 1 unspecified atom stereocenters. The van der Waals surface area contributed by atoms with Crippen molar-refractivity contribution in [2.75, 3.05) is 6.54 Å². The van der Waals surface area contributed by atoms with Crippen molar-refractivity contribution in [3.05, 3.63) is 35.1 Å². The second kappa shape index (κ2) is 7.87. The second-order valence-electron chi connectivity index (χ2n) is 6.13. The molecule has 2 rings (SSSR count). The van der Waals surface area contributed by atoms with E-state index >= 15 is 0 Å². The third-order valence-corrected chi connectivity index (χ3v) is 4.55. The Morgan fingerprint density at radius 1 is 1.24 bits per heavy atom. The van der Waals surface area contributed by atoms with Crippen LogP contribution in [0.4, 0.5) is 4.39 Å². The fraction of sp³-hybridized carbons (Fsp3) is 0.647. The molecule has 1 aromatic rings. The molecule has 118 valence electrons. The number of hydrogen-bond donors (Lipinski definition) is 3. The second-order valence-corrected chi connectivity index (χ2v) is 6.13. The topological polar surface area (TPSA) is 66.5 Å². The van der Waals surface area contributed by atoms with Gasteiger partial charge in [-0.1, -0.05) is 18.2 Å². The molecule has 1 atom stereocenters. The van der Waals surface area contributed by atoms with Crippen molar-refractivity contribution in [1.82, 2.24) is 0 Å². The predicted octanol–water partition coefficient (Wildman–Crippen LogP) is 2.69. The van der Waals surface area contributed by atoms with Crippen LogP contribution in [0.1, 0.15) is 55.8 Å². The summed E-state index contributed by atoms with van der Waals surface area (Å²) in [5.41, 5.74) is 6.45.